The number of ether oxygens (including phenoxy) is 1. The van der Waals surface area contributed by atoms with Crippen LogP contribution in [0.1, 0.15) is 24.0 Å². The molecule has 1 fully saturated rings. The molecule has 0 amide bonds. The van der Waals surface area contributed by atoms with E-state index in [1.54, 1.807) is 13.2 Å². The number of nitrogens with one attached hydrogen (secondary N) is 1. The minimum atomic E-state index is -0.473. The van der Waals surface area contributed by atoms with Crippen molar-refractivity contribution in [3.63, 3.8) is 0 Å². The van der Waals surface area contributed by atoms with Gasteiger partial charge in [0.25, 0.3) is 0 Å². The smallest absolute Gasteiger partial charge is 0.141 e. The van der Waals surface area contributed by atoms with Crippen molar-refractivity contribution in [2.75, 3.05) is 38.8 Å². The quantitative estimate of drug-likeness (QED) is 0.840. The summed E-state index contributed by atoms with van der Waals surface area (Å²) < 4.78 is 19.5. The molecule has 0 unspecified atom stereocenters. The van der Waals surface area contributed by atoms with Crippen LogP contribution in [-0.2, 0) is 11.3 Å². The van der Waals surface area contributed by atoms with E-state index in [1.807, 2.05) is 19.2 Å². The molecule has 0 atom stereocenters. The van der Waals surface area contributed by atoms with Gasteiger partial charge in [0.05, 0.1) is 5.56 Å². The van der Waals surface area contributed by atoms with Gasteiger partial charge in [0.15, 0.2) is 0 Å². The number of nitrogens with zero attached hydrogens (tertiary/aromatic N) is 2. The Labute approximate surface area is 160 Å². The number of halogens is 1. The molecule has 142 valence electrons. The Morgan fingerprint density at radius 1 is 1.22 bits per heavy atom. The molecule has 0 spiro atoms. The topological polar surface area (TPSA) is 48.3 Å². The maximum Gasteiger partial charge on any atom is 0.141 e. The van der Waals surface area contributed by atoms with Gasteiger partial charge in [-0.3, -0.25) is 0 Å². The van der Waals surface area contributed by atoms with Crippen LogP contribution in [0.15, 0.2) is 36.4 Å². The van der Waals surface area contributed by atoms with Crippen molar-refractivity contribution in [3.8, 4) is 17.2 Å². The Morgan fingerprint density at radius 3 is 2.63 bits per heavy atom. The molecule has 1 saturated heterocycles. The summed E-state index contributed by atoms with van der Waals surface area (Å²) in [5.41, 5.74) is 4.16. The van der Waals surface area contributed by atoms with E-state index in [4.69, 9.17) is 10.00 Å². The first-order valence-electron chi connectivity index (χ1n) is 9.37. The largest absolute Gasteiger partial charge is 0.384 e. The lowest BCUT2D eigenvalue weighted by Gasteiger charge is -2.35. The summed E-state index contributed by atoms with van der Waals surface area (Å²) in [7, 11) is 3.67. The number of benzene rings is 2. The summed E-state index contributed by atoms with van der Waals surface area (Å²) in [4.78, 5) is 2.38. The van der Waals surface area contributed by atoms with Crippen LogP contribution in [0.3, 0.4) is 0 Å². The number of anilines is 1. The number of methoxy groups -OCH3 is 1. The molecule has 0 bridgehead atoms. The molecule has 1 aliphatic rings. The molecule has 0 radical (unpaired) electrons. The second-order valence-electron chi connectivity index (χ2n) is 7.07. The number of hydrogen-bond donors (Lipinski definition) is 1. The van der Waals surface area contributed by atoms with Gasteiger partial charge in [-0.2, -0.15) is 5.26 Å². The molecule has 1 aliphatic heterocycles. The molecule has 4 nitrogen and oxygen atoms in total. The normalized spacial score (nSPS) is 15.0. The van der Waals surface area contributed by atoms with Crippen molar-refractivity contribution in [3.05, 3.63) is 53.3 Å². The van der Waals surface area contributed by atoms with E-state index >= 15 is 0 Å². The number of rotatable bonds is 6. The highest BCUT2D eigenvalue weighted by Gasteiger charge is 2.22. The van der Waals surface area contributed by atoms with Crippen molar-refractivity contribution < 1.29 is 9.13 Å². The van der Waals surface area contributed by atoms with Gasteiger partial charge < -0.3 is 15.0 Å². The van der Waals surface area contributed by atoms with Gasteiger partial charge >= 0.3 is 0 Å². The molecular weight excluding hydrogens is 341 g/mol. The standard InChI is InChI=1S/C22H26FN3O/c1-25-14-17-3-6-22(26-9-7-16(8-10-26)15-27-2)20(11-17)18-4-5-19(13-24)21(23)12-18/h3-6,11-12,16,25H,7-10,14-15H2,1-2H3. The lowest BCUT2D eigenvalue weighted by Crippen LogP contribution is -2.35. The lowest BCUT2D eigenvalue weighted by molar-refractivity contribution is 0.139. The van der Waals surface area contributed by atoms with E-state index in [0.29, 0.717) is 5.92 Å². The van der Waals surface area contributed by atoms with Gasteiger partial charge in [-0.1, -0.05) is 12.1 Å². The fourth-order valence-corrected chi connectivity index (χ4v) is 3.75. The van der Waals surface area contributed by atoms with Crippen LogP contribution >= 0.6 is 0 Å². The van der Waals surface area contributed by atoms with Crippen LogP contribution in [0.25, 0.3) is 11.1 Å². The second kappa shape index (κ2) is 8.98. The first kappa shape index (κ1) is 19.3. The molecule has 0 saturated carbocycles. The van der Waals surface area contributed by atoms with E-state index in [-0.39, 0.29) is 5.56 Å². The maximum absolute atomic E-state index is 14.2. The van der Waals surface area contributed by atoms with Crippen molar-refractivity contribution in [2.45, 2.75) is 19.4 Å². The van der Waals surface area contributed by atoms with Crippen LogP contribution in [0.4, 0.5) is 10.1 Å². The molecule has 3 rings (SSSR count). The van der Waals surface area contributed by atoms with Crippen molar-refractivity contribution in [1.82, 2.24) is 5.32 Å². The van der Waals surface area contributed by atoms with Gasteiger partial charge in [-0.05, 0) is 61.2 Å². The van der Waals surface area contributed by atoms with E-state index in [1.165, 1.54) is 6.07 Å². The second-order valence-corrected chi connectivity index (χ2v) is 7.07. The Hall–Kier alpha value is -2.42. The molecule has 2 aromatic carbocycles. The third kappa shape index (κ3) is 4.47. The van der Waals surface area contributed by atoms with Crippen molar-refractivity contribution in [2.24, 2.45) is 5.92 Å². The van der Waals surface area contributed by atoms with Crippen LogP contribution in [0.2, 0.25) is 0 Å². The van der Waals surface area contributed by atoms with Gasteiger partial charge in [-0.25, -0.2) is 4.39 Å². The Kier molecular flexibility index (Phi) is 6.44. The zero-order chi connectivity index (χ0) is 19.2. The third-order valence-corrected chi connectivity index (χ3v) is 5.20. The van der Waals surface area contributed by atoms with Crippen LogP contribution in [0, 0.1) is 23.1 Å². The van der Waals surface area contributed by atoms with Gasteiger partial charge in [-0.15, -0.1) is 0 Å². The molecule has 27 heavy (non-hydrogen) atoms. The SMILES string of the molecule is CNCc1ccc(N2CCC(COC)CC2)c(-c2ccc(C#N)c(F)c2)c1. The molecular formula is C22H26FN3O. The Balaban J connectivity index is 1.95. The van der Waals surface area contributed by atoms with Crippen LogP contribution in [-0.4, -0.2) is 33.9 Å². The highest BCUT2D eigenvalue weighted by Crippen LogP contribution is 2.35. The summed E-state index contributed by atoms with van der Waals surface area (Å²) in [6.07, 6.45) is 2.18. The predicted octanol–water partition coefficient (Wildman–Crippen LogP) is 3.95. The van der Waals surface area contributed by atoms with Gasteiger partial charge in [0.2, 0.25) is 0 Å². The summed E-state index contributed by atoms with van der Waals surface area (Å²) in [6, 6.07) is 13.1. The zero-order valence-electron chi connectivity index (χ0n) is 16.0. The van der Waals surface area contributed by atoms with Crippen molar-refractivity contribution >= 4 is 5.69 Å². The highest BCUT2D eigenvalue weighted by molar-refractivity contribution is 5.80. The average Bonchev–Trinajstić information content (AvgIpc) is 2.69. The fraction of sp³-hybridized carbons (Fsp3) is 0.409. The highest BCUT2D eigenvalue weighted by atomic mass is 19.1. The molecule has 0 aliphatic carbocycles. The van der Waals surface area contributed by atoms with Gasteiger partial charge in [0, 0.05) is 44.6 Å². The minimum Gasteiger partial charge on any atom is -0.384 e. The minimum absolute atomic E-state index is 0.0760. The maximum atomic E-state index is 14.2. The lowest BCUT2D eigenvalue weighted by atomic mass is 9.94. The average molecular weight is 367 g/mol. The molecule has 1 N–H and O–H groups in total. The summed E-state index contributed by atoms with van der Waals surface area (Å²) in [5, 5.41) is 12.2. The van der Waals surface area contributed by atoms with E-state index in [9.17, 15) is 4.39 Å². The molecule has 5 heteroatoms. The summed E-state index contributed by atoms with van der Waals surface area (Å²) in [6.45, 7) is 3.49. The van der Waals surface area contributed by atoms with Crippen LogP contribution in [0.5, 0.6) is 0 Å². The van der Waals surface area contributed by atoms with Crippen molar-refractivity contribution in [1.29, 1.82) is 5.26 Å². The molecule has 1 heterocycles. The number of hydrogen-bond acceptors (Lipinski definition) is 4. The summed E-state index contributed by atoms with van der Waals surface area (Å²) in [5.74, 6) is 0.129. The predicted molar refractivity (Wildman–Crippen MR) is 106 cm³/mol. The Morgan fingerprint density at radius 2 is 2.00 bits per heavy atom. The first-order valence-corrected chi connectivity index (χ1v) is 9.37. The number of nitriles is 1. The molecule has 2 aromatic rings. The summed E-state index contributed by atoms with van der Waals surface area (Å²) >= 11 is 0. The molecule has 0 aromatic heterocycles. The Bertz CT molecular complexity index is 823. The fourth-order valence-electron chi connectivity index (χ4n) is 3.75. The van der Waals surface area contributed by atoms with E-state index in [2.05, 4.69) is 28.4 Å². The third-order valence-electron chi connectivity index (χ3n) is 5.20. The zero-order valence-corrected chi connectivity index (χ0v) is 16.0. The first-order chi connectivity index (χ1) is 13.2. The number of piperidine rings is 1. The van der Waals surface area contributed by atoms with E-state index < -0.39 is 5.82 Å². The van der Waals surface area contributed by atoms with E-state index in [0.717, 1.165) is 61.5 Å². The monoisotopic (exact) mass is 367 g/mol. The van der Waals surface area contributed by atoms with Gasteiger partial charge in [0.1, 0.15) is 11.9 Å². The van der Waals surface area contributed by atoms with Crippen LogP contribution < -0.4 is 10.2 Å².